The maximum atomic E-state index is 12.7. The van der Waals surface area contributed by atoms with Crippen molar-refractivity contribution < 1.29 is 14.7 Å². The number of hydrogen-bond donors (Lipinski definition) is 1. The fourth-order valence-corrected chi connectivity index (χ4v) is 2.72. The molecule has 0 bridgehead atoms. The van der Waals surface area contributed by atoms with Crippen molar-refractivity contribution in [3.63, 3.8) is 0 Å². The Morgan fingerprint density at radius 2 is 1.85 bits per heavy atom. The van der Waals surface area contributed by atoms with Crippen molar-refractivity contribution in [1.82, 2.24) is 4.57 Å². The standard InChI is InChI=1S/C22H19NO3/c1-16-9-11-18(12-10-16)21(24)20-8-4-14-23(20)13-3-6-17-5-2-7-19(15-17)22(25)26/h2-12,14-15H,13H2,1H3,(H,25,26)/p+1/b6-3+. The number of carboxylic acids is 1. The second-order valence-corrected chi connectivity index (χ2v) is 6.09. The molecule has 4 heteroatoms. The van der Waals surface area contributed by atoms with Crippen molar-refractivity contribution in [2.45, 2.75) is 13.5 Å². The highest BCUT2D eigenvalue weighted by molar-refractivity contribution is 6.08. The second kappa shape index (κ2) is 7.66. The lowest BCUT2D eigenvalue weighted by Gasteiger charge is -2.06. The van der Waals surface area contributed by atoms with E-state index in [9.17, 15) is 4.79 Å². The Morgan fingerprint density at radius 3 is 2.58 bits per heavy atom. The molecule has 2 aromatic carbocycles. The normalized spacial score (nSPS) is 11.0. The zero-order valence-electron chi connectivity index (χ0n) is 14.5. The number of ketones is 1. The van der Waals surface area contributed by atoms with E-state index < -0.39 is 5.97 Å². The molecule has 0 unspecified atom stereocenters. The predicted octanol–water partition coefficient (Wildman–Crippen LogP) is 4.15. The Kier molecular flexibility index (Phi) is 5.13. The molecule has 0 aliphatic heterocycles. The van der Waals surface area contributed by atoms with Gasteiger partial charge in [0.2, 0.25) is 5.78 Å². The largest absolute Gasteiger partial charge is 0.515 e. The number of hydrogen-bond acceptors (Lipinski definition) is 1. The summed E-state index contributed by atoms with van der Waals surface area (Å²) in [5, 5.41) is 9.15. The van der Waals surface area contributed by atoms with Crippen molar-refractivity contribution in [2.24, 2.45) is 0 Å². The number of rotatable bonds is 6. The van der Waals surface area contributed by atoms with Crippen LogP contribution < -0.4 is 0 Å². The van der Waals surface area contributed by atoms with E-state index in [1.807, 2.05) is 72.3 Å². The summed E-state index contributed by atoms with van der Waals surface area (Å²) in [6, 6.07) is 18.1. The van der Waals surface area contributed by atoms with Crippen LogP contribution in [-0.4, -0.2) is 26.2 Å². The molecule has 0 atom stereocenters. The molecule has 0 aliphatic rings. The molecule has 0 spiro atoms. The fraction of sp³-hybridized carbons (Fsp3) is 0.0909. The lowest BCUT2D eigenvalue weighted by Crippen LogP contribution is -2.09. The first kappa shape index (κ1) is 17.4. The molecule has 1 aromatic heterocycles. The molecule has 0 fully saturated rings. The van der Waals surface area contributed by atoms with E-state index in [2.05, 4.69) is 0 Å². The number of aryl methyl sites for hydroxylation is 1. The van der Waals surface area contributed by atoms with Gasteiger partial charge in [-0.15, -0.1) is 0 Å². The van der Waals surface area contributed by atoms with Gasteiger partial charge in [0.1, 0.15) is 5.56 Å². The van der Waals surface area contributed by atoms with Crippen LogP contribution >= 0.6 is 0 Å². The van der Waals surface area contributed by atoms with Gasteiger partial charge in [0.05, 0.1) is 5.69 Å². The van der Waals surface area contributed by atoms with E-state index in [0.29, 0.717) is 23.4 Å². The second-order valence-electron chi connectivity index (χ2n) is 6.09. The molecule has 0 saturated carbocycles. The molecule has 1 heterocycles. The van der Waals surface area contributed by atoms with Crippen molar-refractivity contribution >= 4 is 17.8 Å². The molecule has 0 radical (unpaired) electrons. The molecule has 0 aliphatic carbocycles. The first-order chi connectivity index (χ1) is 12.5. The monoisotopic (exact) mass is 346 g/mol. The van der Waals surface area contributed by atoms with Gasteiger partial charge in [-0.05, 0) is 36.8 Å². The number of aliphatic hydroxyl groups excluding tert-OH is 1. The smallest absolute Gasteiger partial charge is 0.341 e. The van der Waals surface area contributed by atoms with E-state index in [0.717, 1.165) is 11.1 Å². The van der Waals surface area contributed by atoms with Crippen molar-refractivity contribution in [3.8, 4) is 0 Å². The Labute approximate surface area is 152 Å². The summed E-state index contributed by atoms with van der Waals surface area (Å²) < 4.78 is 1.89. The number of carboxylic acid groups (broad SMARTS) is 1. The summed E-state index contributed by atoms with van der Waals surface area (Å²) in [6.45, 7) is 2.53. The number of carbonyl (C=O) groups excluding carboxylic acids is 1. The summed E-state index contributed by atoms with van der Waals surface area (Å²) >= 11 is 0. The molecule has 4 nitrogen and oxygen atoms in total. The van der Waals surface area contributed by atoms with E-state index in [4.69, 9.17) is 9.90 Å². The summed E-state index contributed by atoms with van der Waals surface area (Å²) in [5.41, 5.74) is 3.63. The lowest BCUT2D eigenvalue weighted by atomic mass is 10.1. The van der Waals surface area contributed by atoms with Gasteiger partial charge in [-0.2, -0.15) is 0 Å². The molecule has 3 rings (SSSR count). The van der Waals surface area contributed by atoms with Gasteiger partial charge >= 0.3 is 5.97 Å². The molecule has 0 amide bonds. The van der Waals surface area contributed by atoms with Crippen LogP contribution in [0.5, 0.6) is 0 Å². The first-order valence-electron chi connectivity index (χ1n) is 8.33. The summed E-state index contributed by atoms with van der Waals surface area (Å²) in [5.74, 6) is -0.707. The minimum atomic E-state index is -0.698. The topological polar surface area (TPSA) is 63.6 Å². The van der Waals surface area contributed by atoms with Gasteiger partial charge in [0, 0.05) is 18.3 Å². The molecule has 130 valence electrons. The Morgan fingerprint density at radius 1 is 1.08 bits per heavy atom. The van der Waals surface area contributed by atoms with Crippen LogP contribution in [0.4, 0.5) is 0 Å². The Bertz CT molecular complexity index is 965. The number of carbonyl (C=O) groups is 1. The maximum Gasteiger partial charge on any atom is 0.515 e. The van der Waals surface area contributed by atoms with Crippen molar-refractivity contribution in [2.75, 3.05) is 0 Å². The number of nitrogens with zero attached hydrogens (tertiary/aromatic N) is 1. The zero-order valence-corrected chi connectivity index (χ0v) is 14.5. The van der Waals surface area contributed by atoms with Gasteiger partial charge in [-0.1, -0.05) is 54.1 Å². The molecular weight excluding hydrogens is 326 g/mol. The Balaban J connectivity index is 1.75. The summed E-state index contributed by atoms with van der Waals surface area (Å²) in [7, 11) is 0. The third-order valence-corrected chi connectivity index (χ3v) is 4.13. The summed E-state index contributed by atoms with van der Waals surface area (Å²) in [4.78, 5) is 21.8. The van der Waals surface area contributed by atoms with E-state index in [1.165, 1.54) is 0 Å². The first-order valence-corrected chi connectivity index (χ1v) is 8.33. The number of allylic oxidation sites excluding steroid dienone is 1. The van der Waals surface area contributed by atoms with Gasteiger partial charge in [-0.25, -0.2) is 0 Å². The number of aromatic nitrogens is 1. The quantitative estimate of drug-likeness (QED) is 0.538. The average molecular weight is 346 g/mol. The van der Waals surface area contributed by atoms with E-state index in [-0.39, 0.29) is 5.78 Å². The molecule has 2 N–H and O–H groups in total. The molecular formula is C22H20NO3+. The van der Waals surface area contributed by atoms with Crippen molar-refractivity contribution in [1.29, 1.82) is 0 Å². The SMILES string of the molecule is Cc1ccc(C(=O)c2cccn2C/C=C/c2cccc(C(O)=[OH+])c2)cc1. The highest BCUT2D eigenvalue weighted by Gasteiger charge is 2.12. The number of aromatic carboxylic acids is 1. The highest BCUT2D eigenvalue weighted by Crippen LogP contribution is 2.13. The number of benzene rings is 2. The van der Waals surface area contributed by atoms with Gasteiger partial charge in [0.25, 0.3) is 0 Å². The van der Waals surface area contributed by atoms with E-state index >= 15 is 0 Å². The van der Waals surface area contributed by atoms with Crippen molar-refractivity contribution in [3.05, 3.63) is 101 Å². The minimum absolute atomic E-state index is 0.00907. The summed E-state index contributed by atoms with van der Waals surface area (Å²) in [6.07, 6.45) is 5.68. The lowest BCUT2D eigenvalue weighted by molar-refractivity contribution is 0.103. The molecule has 3 aromatic rings. The maximum absolute atomic E-state index is 12.7. The van der Waals surface area contributed by atoms with Gasteiger partial charge < -0.3 is 14.5 Å². The fourth-order valence-electron chi connectivity index (χ4n) is 2.72. The minimum Gasteiger partial charge on any atom is -0.341 e. The average Bonchev–Trinajstić information content (AvgIpc) is 3.10. The van der Waals surface area contributed by atoms with Crippen LogP contribution in [0, 0.1) is 6.92 Å². The molecule has 26 heavy (non-hydrogen) atoms. The third-order valence-electron chi connectivity index (χ3n) is 4.13. The van der Waals surface area contributed by atoms with Crippen LogP contribution in [0.3, 0.4) is 0 Å². The predicted molar refractivity (Wildman–Crippen MR) is 103 cm³/mol. The third kappa shape index (κ3) is 3.98. The highest BCUT2D eigenvalue weighted by atomic mass is 16.4. The Hall–Kier alpha value is -3.40. The van der Waals surface area contributed by atoms with Crippen LogP contribution in [0.1, 0.15) is 32.7 Å². The van der Waals surface area contributed by atoms with Gasteiger partial charge in [0.15, 0.2) is 0 Å². The zero-order chi connectivity index (χ0) is 18.5. The van der Waals surface area contributed by atoms with Crippen LogP contribution in [0.15, 0.2) is 72.9 Å². The van der Waals surface area contributed by atoms with E-state index in [1.54, 1.807) is 18.2 Å². The van der Waals surface area contributed by atoms with Crippen LogP contribution in [-0.2, 0) is 6.54 Å². The van der Waals surface area contributed by atoms with Gasteiger partial charge in [-0.3, -0.25) is 4.79 Å². The molecule has 0 saturated heterocycles. The van der Waals surface area contributed by atoms with Crippen LogP contribution in [0.25, 0.3) is 6.08 Å². The van der Waals surface area contributed by atoms with Crippen LogP contribution in [0.2, 0.25) is 0 Å².